The van der Waals surface area contributed by atoms with E-state index in [1.807, 2.05) is 26.0 Å². The Hall–Kier alpha value is -1.09. The minimum absolute atomic E-state index is 0.223. The van der Waals surface area contributed by atoms with Crippen LogP contribution in [0.5, 0.6) is 5.75 Å². The summed E-state index contributed by atoms with van der Waals surface area (Å²) in [5.41, 5.74) is 6.75. The molecular weight excluding hydrogens is 218 g/mol. The summed E-state index contributed by atoms with van der Waals surface area (Å²) in [4.78, 5) is 0.597. The van der Waals surface area contributed by atoms with Gasteiger partial charge in [-0.2, -0.15) is 0 Å². The maximum Gasteiger partial charge on any atom is 0.119 e. The zero-order chi connectivity index (χ0) is 12.0. The Morgan fingerprint density at radius 2 is 1.94 bits per heavy atom. The number of ether oxygens (including phenoxy) is 1. The topological polar surface area (TPSA) is 35.2 Å². The highest BCUT2D eigenvalue weighted by Crippen LogP contribution is 2.15. The van der Waals surface area contributed by atoms with Crippen molar-refractivity contribution in [1.29, 1.82) is 0 Å². The summed E-state index contributed by atoms with van der Waals surface area (Å²) in [6, 6.07) is 8.21. The molecule has 0 fully saturated rings. The number of hydrogen-bond acceptors (Lipinski definition) is 2. The van der Waals surface area contributed by atoms with Crippen molar-refractivity contribution in [3.8, 4) is 5.75 Å². The third kappa shape index (κ3) is 5.12. The van der Waals surface area contributed by atoms with Gasteiger partial charge in [-0.25, -0.2) is 0 Å². The molecule has 2 nitrogen and oxygen atoms in total. The predicted octanol–water partition coefficient (Wildman–Crippen LogP) is 3.08. The van der Waals surface area contributed by atoms with Gasteiger partial charge in [0.05, 0.1) is 11.1 Å². The number of nitrogens with two attached hydrogens (primary N) is 1. The zero-order valence-corrected chi connectivity index (χ0v) is 10.7. The molecule has 0 aliphatic heterocycles. The van der Waals surface area contributed by atoms with E-state index < -0.39 is 0 Å². The summed E-state index contributed by atoms with van der Waals surface area (Å²) >= 11 is 4.84. The summed E-state index contributed by atoms with van der Waals surface area (Å²) in [6.07, 6.45) is 3.07. The van der Waals surface area contributed by atoms with E-state index in [-0.39, 0.29) is 6.10 Å². The maximum absolute atomic E-state index is 5.57. The third-order valence-electron chi connectivity index (χ3n) is 2.18. The summed E-state index contributed by atoms with van der Waals surface area (Å²) < 4.78 is 5.57. The summed E-state index contributed by atoms with van der Waals surface area (Å²) in [5.74, 6) is 0.924. The number of rotatable bonds is 6. The first-order valence-electron chi connectivity index (χ1n) is 5.62. The van der Waals surface area contributed by atoms with Crippen LogP contribution in [0, 0.1) is 0 Å². The molecule has 0 heterocycles. The molecule has 0 radical (unpaired) electrons. The smallest absolute Gasteiger partial charge is 0.119 e. The van der Waals surface area contributed by atoms with Crippen molar-refractivity contribution in [2.75, 3.05) is 0 Å². The van der Waals surface area contributed by atoms with Crippen molar-refractivity contribution in [3.05, 3.63) is 29.8 Å². The Bertz CT molecular complexity index is 332. The highest BCUT2D eigenvalue weighted by atomic mass is 32.1. The number of benzene rings is 1. The van der Waals surface area contributed by atoms with Crippen molar-refractivity contribution >= 4 is 17.2 Å². The third-order valence-corrected chi connectivity index (χ3v) is 2.39. The normalized spacial score (nSPS) is 10.4. The average molecular weight is 237 g/mol. The van der Waals surface area contributed by atoms with E-state index >= 15 is 0 Å². The lowest BCUT2D eigenvalue weighted by atomic mass is 10.1. The fraction of sp³-hybridized carbons (Fsp3) is 0.462. The van der Waals surface area contributed by atoms with Gasteiger partial charge in [0.15, 0.2) is 0 Å². The lowest BCUT2D eigenvalue weighted by Gasteiger charge is -2.10. The quantitative estimate of drug-likeness (QED) is 0.772. The van der Waals surface area contributed by atoms with Crippen LogP contribution in [0.25, 0.3) is 0 Å². The lowest BCUT2D eigenvalue weighted by molar-refractivity contribution is 0.242. The molecule has 0 aromatic heterocycles. The predicted molar refractivity (Wildman–Crippen MR) is 71.9 cm³/mol. The molecule has 1 aromatic rings. The van der Waals surface area contributed by atoms with E-state index in [9.17, 15) is 0 Å². The number of thiocarbonyl (C=S) groups is 1. The van der Waals surface area contributed by atoms with Crippen LogP contribution in [0.2, 0.25) is 0 Å². The monoisotopic (exact) mass is 237 g/mol. The molecule has 1 rings (SSSR count). The number of aryl methyl sites for hydroxylation is 1. The van der Waals surface area contributed by atoms with Gasteiger partial charge in [0, 0.05) is 0 Å². The molecule has 3 heteroatoms. The first-order chi connectivity index (χ1) is 7.58. The molecule has 0 unspecified atom stereocenters. The van der Waals surface area contributed by atoms with Crippen LogP contribution in [0.15, 0.2) is 24.3 Å². The van der Waals surface area contributed by atoms with Gasteiger partial charge < -0.3 is 10.5 Å². The van der Waals surface area contributed by atoms with Crippen LogP contribution in [0.1, 0.15) is 32.3 Å². The second kappa shape index (κ2) is 6.48. The van der Waals surface area contributed by atoms with E-state index in [2.05, 4.69) is 12.1 Å². The van der Waals surface area contributed by atoms with E-state index in [0.717, 1.165) is 25.0 Å². The average Bonchev–Trinajstić information content (AvgIpc) is 2.19. The van der Waals surface area contributed by atoms with Crippen molar-refractivity contribution in [1.82, 2.24) is 0 Å². The first kappa shape index (κ1) is 13.0. The Kier molecular flexibility index (Phi) is 5.26. The fourth-order valence-corrected chi connectivity index (χ4v) is 1.62. The summed E-state index contributed by atoms with van der Waals surface area (Å²) in [5, 5.41) is 0. The van der Waals surface area contributed by atoms with Gasteiger partial charge >= 0.3 is 0 Å². The molecule has 16 heavy (non-hydrogen) atoms. The molecule has 0 spiro atoms. The summed E-state index contributed by atoms with van der Waals surface area (Å²) in [7, 11) is 0. The van der Waals surface area contributed by atoms with Crippen molar-refractivity contribution in [2.45, 2.75) is 39.2 Å². The van der Waals surface area contributed by atoms with Crippen LogP contribution in [0.4, 0.5) is 0 Å². The molecule has 1 aromatic carbocycles. The van der Waals surface area contributed by atoms with Gasteiger partial charge in [-0.05, 0) is 50.8 Å². The largest absolute Gasteiger partial charge is 0.491 e. The highest BCUT2D eigenvalue weighted by Gasteiger charge is 1.98. The maximum atomic E-state index is 5.57. The van der Waals surface area contributed by atoms with Gasteiger partial charge in [-0.1, -0.05) is 24.4 Å². The molecule has 0 aliphatic carbocycles. The van der Waals surface area contributed by atoms with Crippen LogP contribution in [-0.4, -0.2) is 11.1 Å². The van der Waals surface area contributed by atoms with Crippen molar-refractivity contribution < 1.29 is 4.74 Å². The minimum atomic E-state index is 0.223. The Balaban J connectivity index is 2.42. The van der Waals surface area contributed by atoms with Crippen molar-refractivity contribution in [3.63, 3.8) is 0 Å². The van der Waals surface area contributed by atoms with Crippen LogP contribution < -0.4 is 10.5 Å². The fourth-order valence-electron chi connectivity index (χ4n) is 1.47. The Morgan fingerprint density at radius 3 is 2.44 bits per heavy atom. The zero-order valence-electron chi connectivity index (χ0n) is 9.90. The van der Waals surface area contributed by atoms with E-state index in [1.54, 1.807) is 0 Å². The van der Waals surface area contributed by atoms with Gasteiger partial charge in [-0.3, -0.25) is 0 Å². The van der Waals surface area contributed by atoms with E-state index in [0.29, 0.717) is 4.99 Å². The second-order valence-electron chi connectivity index (χ2n) is 4.13. The molecule has 88 valence electrons. The SMILES string of the molecule is CC(C)Oc1ccc(CCCC(N)=S)cc1. The number of hydrogen-bond donors (Lipinski definition) is 1. The van der Waals surface area contributed by atoms with Gasteiger partial charge in [0.2, 0.25) is 0 Å². The molecule has 0 aliphatic rings. The standard InChI is InChI=1S/C13H19NOS/c1-10(2)15-12-8-6-11(7-9-12)4-3-5-13(14)16/h6-10H,3-5H2,1-2H3,(H2,14,16). The van der Waals surface area contributed by atoms with Crippen LogP contribution >= 0.6 is 12.2 Å². The molecule has 0 atom stereocenters. The lowest BCUT2D eigenvalue weighted by Crippen LogP contribution is -2.07. The summed E-state index contributed by atoms with van der Waals surface area (Å²) in [6.45, 7) is 4.05. The van der Waals surface area contributed by atoms with E-state index in [4.69, 9.17) is 22.7 Å². The molecular formula is C13H19NOS. The molecule has 0 bridgehead atoms. The molecule has 0 saturated heterocycles. The van der Waals surface area contributed by atoms with Gasteiger partial charge in [0.1, 0.15) is 5.75 Å². The highest BCUT2D eigenvalue weighted by molar-refractivity contribution is 7.80. The Morgan fingerprint density at radius 1 is 1.31 bits per heavy atom. The molecule has 0 saturated carbocycles. The Labute approximate surface area is 103 Å². The van der Waals surface area contributed by atoms with Crippen LogP contribution in [-0.2, 0) is 6.42 Å². The second-order valence-corrected chi connectivity index (χ2v) is 4.65. The molecule has 2 N–H and O–H groups in total. The van der Waals surface area contributed by atoms with Gasteiger partial charge in [0.25, 0.3) is 0 Å². The van der Waals surface area contributed by atoms with Crippen LogP contribution in [0.3, 0.4) is 0 Å². The minimum Gasteiger partial charge on any atom is -0.491 e. The van der Waals surface area contributed by atoms with Gasteiger partial charge in [-0.15, -0.1) is 0 Å². The molecule has 0 amide bonds. The first-order valence-corrected chi connectivity index (χ1v) is 6.02. The van der Waals surface area contributed by atoms with E-state index in [1.165, 1.54) is 5.56 Å². The van der Waals surface area contributed by atoms with Crippen molar-refractivity contribution in [2.24, 2.45) is 5.73 Å².